The van der Waals surface area contributed by atoms with Crippen LogP contribution >= 0.6 is 0 Å². The van der Waals surface area contributed by atoms with Crippen molar-refractivity contribution in [2.75, 3.05) is 13.2 Å². The highest BCUT2D eigenvalue weighted by molar-refractivity contribution is 5.80. The molecule has 11 nitrogen and oxygen atoms in total. The molecule has 6 N–H and O–H groups in total. The summed E-state index contributed by atoms with van der Waals surface area (Å²) in [5.41, 5.74) is 0. The molecule has 0 aromatic rings. The predicted octanol–water partition coefficient (Wildman–Crippen LogP) is 16.6. The lowest BCUT2D eigenvalue weighted by atomic mass is 9.99. The third-order valence-electron chi connectivity index (χ3n) is 16.0. The molecule has 0 aliphatic carbocycles. The third kappa shape index (κ3) is 44.1. The first-order valence-electron chi connectivity index (χ1n) is 33.8. The fourth-order valence-corrected chi connectivity index (χ4v) is 10.7. The normalized spacial score (nSPS) is 19.0. The van der Waals surface area contributed by atoms with Crippen molar-refractivity contribution < 1.29 is 49.3 Å². The van der Waals surface area contributed by atoms with Gasteiger partial charge in [0.15, 0.2) is 12.4 Å². The van der Waals surface area contributed by atoms with Crippen molar-refractivity contribution in [1.82, 2.24) is 5.32 Å². The number of unbranched alkanes of at least 4 members (excludes halogenated alkanes) is 40. The maximum absolute atomic E-state index is 13.4. The van der Waals surface area contributed by atoms with Crippen LogP contribution < -0.4 is 5.32 Å². The van der Waals surface area contributed by atoms with Gasteiger partial charge in [0, 0.05) is 6.42 Å². The molecule has 8 atom stereocenters. The van der Waals surface area contributed by atoms with Crippen LogP contribution in [0.4, 0.5) is 0 Å². The summed E-state index contributed by atoms with van der Waals surface area (Å²) < 4.78 is 17.7. The SMILES string of the molecule is CCCCC/C=C\C/C=C\CCCCCCCCCCCCC(O)C(=O)NC(COC1OC(CO)C(O)C(O)C1OC(=O)CCCCCCCCCCCCCCCCCCCCC)C(O)/C=C/CCCCCCCCCCC. The molecule has 79 heavy (non-hydrogen) atoms. The summed E-state index contributed by atoms with van der Waals surface area (Å²) in [5, 5.41) is 57.1. The molecule has 1 aliphatic heterocycles. The zero-order valence-corrected chi connectivity index (χ0v) is 51.5. The van der Waals surface area contributed by atoms with Crippen LogP contribution in [0.1, 0.15) is 323 Å². The van der Waals surface area contributed by atoms with Crippen LogP contribution in [0.5, 0.6) is 0 Å². The number of amides is 1. The Hall–Kier alpha value is -2.12. The van der Waals surface area contributed by atoms with Crippen molar-refractivity contribution >= 4 is 11.9 Å². The van der Waals surface area contributed by atoms with E-state index in [1.165, 1.54) is 205 Å². The second kappa shape index (κ2) is 56.4. The van der Waals surface area contributed by atoms with E-state index in [1.54, 1.807) is 6.08 Å². The number of carbonyl (C=O) groups is 2. The van der Waals surface area contributed by atoms with Gasteiger partial charge in [0.2, 0.25) is 5.91 Å². The van der Waals surface area contributed by atoms with Crippen LogP contribution in [0.15, 0.2) is 36.5 Å². The Morgan fingerprint density at radius 3 is 1.32 bits per heavy atom. The largest absolute Gasteiger partial charge is 0.454 e. The summed E-state index contributed by atoms with van der Waals surface area (Å²) >= 11 is 0. The van der Waals surface area contributed by atoms with E-state index in [4.69, 9.17) is 14.2 Å². The van der Waals surface area contributed by atoms with E-state index >= 15 is 0 Å². The zero-order valence-electron chi connectivity index (χ0n) is 51.5. The topological polar surface area (TPSA) is 175 Å². The van der Waals surface area contributed by atoms with Crippen molar-refractivity contribution in [2.24, 2.45) is 0 Å². The van der Waals surface area contributed by atoms with Crippen molar-refractivity contribution in [3.05, 3.63) is 36.5 Å². The molecular formula is C68H127NO10. The molecule has 11 heteroatoms. The Kier molecular flexibility index (Phi) is 53.4. The van der Waals surface area contributed by atoms with Crippen LogP contribution in [0.3, 0.4) is 0 Å². The van der Waals surface area contributed by atoms with Gasteiger partial charge in [0.05, 0.1) is 25.4 Å². The number of rotatable bonds is 58. The minimum atomic E-state index is -1.61. The van der Waals surface area contributed by atoms with Crippen molar-refractivity contribution in [1.29, 1.82) is 0 Å². The van der Waals surface area contributed by atoms with Crippen molar-refractivity contribution in [3.63, 3.8) is 0 Å². The lowest BCUT2D eigenvalue weighted by Gasteiger charge is -2.41. The van der Waals surface area contributed by atoms with Crippen molar-refractivity contribution in [2.45, 2.75) is 372 Å². The first-order chi connectivity index (χ1) is 38.7. The van der Waals surface area contributed by atoms with Crippen LogP contribution in [0.25, 0.3) is 0 Å². The minimum absolute atomic E-state index is 0.129. The maximum atomic E-state index is 13.4. The van der Waals surface area contributed by atoms with Gasteiger partial charge in [-0.25, -0.2) is 0 Å². The van der Waals surface area contributed by atoms with Gasteiger partial charge in [-0.1, -0.05) is 295 Å². The highest BCUT2D eigenvalue weighted by Gasteiger charge is 2.47. The number of esters is 1. The second-order valence-corrected chi connectivity index (χ2v) is 23.6. The first-order valence-corrected chi connectivity index (χ1v) is 33.8. The molecule has 1 rings (SSSR count). The summed E-state index contributed by atoms with van der Waals surface area (Å²) in [5.74, 6) is -1.18. The van der Waals surface area contributed by atoms with Gasteiger partial charge in [-0.15, -0.1) is 0 Å². The minimum Gasteiger partial charge on any atom is -0.454 e. The first kappa shape index (κ1) is 74.9. The Labute approximate surface area is 485 Å². The summed E-state index contributed by atoms with van der Waals surface area (Å²) in [6, 6.07) is -1.02. The van der Waals surface area contributed by atoms with Gasteiger partial charge >= 0.3 is 5.97 Å². The van der Waals surface area contributed by atoms with Crippen LogP contribution in [-0.2, 0) is 23.8 Å². The number of hydrogen-bond donors (Lipinski definition) is 6. The van der Waals surface area contributed by atoms with E-state index in [0.717, 1.165) is 70.6 Å². The lowest BCUT2D eigenvalue weighted by Crippen LogP contribution is -2.61. The van der Waals surface area contributed by atoms with Gasteiger partial charge < -0.3 is 45.1 Å². The van der Waals surface area contributed by atoms with Crippen LogP contribution in [0.2, 0.25) is 0 Å². The van der Waals surface area contributed by atoms with Crippen molar-refractivity contribution in [3.8, 4) is 0 Å². The molecule has 8 unspecified atom stereocenters. The van der Waals surface area contributed by atoms with Crippen LogP contribution in [-0.4, -0.2) is 99.6 Å². The molecule has 0 radical (unpaired) electrons. The van der Waals surface area contributed by atoms with Gasteiger partial charge in [-0.2, -0.15) is 0 Å². The summed E-state index contributed by atoms with van der Waals surface area (Å²) in [7, 11) is 0. The molecule has 1 amide bonds. The standard InChI is InChI=1S/C68H127NO10/c1-4-7-10-13-16-19-22-24-26-28-30-32-33-35-37-40-43-46-49-52-55-61(72)67(76)69-59(60(71)54-51-48-45-42-39-21-18-15-12-9-6-3)58-77-68-66(65(75)64(74)62(57-70)78-68)79-63(73)56-53-50-47-44-41-38-36-34-31-29-27-25-23-20-17-14-11-8-5-2/h16,19,24,26,51,54,59-62,64-66,68,70-72,74-75H,4-15,17-18,20-23,25,27-50,52-53,55-58H2,1-3H3,(H,69,76)/b19-16-,26-24-,54-51+. The molecule has 0 bridgehead atoms. The quantitative estimate of drug-likeness (QED) is 0.0195. The predicted molar refractivity (Wildman–Crippen MR) is 329 cm³/mol. The van der Waals surface area contributed by atoms with Gasteiger partial charge in [0.1, 0.15) is 24.4 Å². The van der Waals surface area contributed by atoms with E-state index in [1.807, 2.05) is 6.08 Å². The molecular weight excluding hydrogens is 991 g/mol. The lowest BCUT2D eigenvalue weighted by molar-refractivity contribution is -0.305. The molecule has 0 saturated carbocycles. The number of hydrogen-bond acceptors (Lipinski definition) is 10. The number of aliphatic hydroxyl groups excluding tert-OH is 5. The smallest absolute Gasteiger partial charge is 0.306 e. The molecule has 464 valence electrons. The molecule has 0 aromatic carbocycles. The molecule has 1 aliphatic rings. The number of allylic oxidation sites excluding steroid dienone is 5. The average Bonchev–Trinajstić information content (AvgIpc) is 3.45. The Balaban J connectivity index is 2.60. The molecule has 0 aromatic heterocycles. The van der Waals surface area contributed by atoms with E-state index in [2.05, 4.69) is 50.4 Å². The summed E-state index contributed by atoms with van der Waals surface area (Å²) in [6.45, 7) is 5.80. The number of carbonyl (C=O) groups excluding carboxylic acids is 2. The van der Waals surface area contributed by atoms with Gasteiger partial charge in [-0.05, 0) is 57.8 Å². The van der Waals surface area contributed by atoms with E-state index in [0.29, 0.717) is 19.3 Å². The van der Waals surface area contributed by atoms with E-state index < -0.39 is 67.4 Å². The highest BCUT2D eigenvalue weighted by atomic mass is 16.7. The summed E-state index contributed by atoms with van der Waals surface area (Å²) in [4.78, 5) is 26.6. The fourth-order valence-electron chi connectivity index (χ4n) is 10.7. The zero-order chi connectivity index (χ0) is 57.5. The summed E-state index contributed by atoms with van der Waals surface area (Å²) in [6.07, 6.45) is 57.5. The highest BCUT2D eigenvalue weighted by Crippen LogP contribution is 2.26. The average molecular weight is 1120 g/mol. The molecule has 1 heterocycles. The number of nitrogens with one attached hydrogen (secondary N) is 1. The monoisotopic (exact) mass is 1120 g/mol. The number of ether oxygens (including phenoxy) is 3. The molecule has 1 saturated heterocycles. The van der Waals surface area contributed by atoms with Gasteiger partial charge in [0.25, 0.3) is 0 Å². The number of aliphatic hydroxyl groups is 5. The molecule has 0 spiro atoms. The second-order valence-electron chi connectivity index (χ2n) is 23.6. The van der Waals surface area contributed by atoms with Crippen LogP contribution in [0, 0.1) is 0 Å². The van der Waals surface area contributed by atoms with Gasteiger partial charge in [-0.3, -0.25) is 9.59 Å². The maximum Gasteiger partial charge on any atom is 0.306 e. The third-order valence-corrected chi connectivity index (χ3v) is 16.0. The Morgan fingerprint density at radius 1 is 0.494 bits per heavy atom. The molecule has 1 fully saturated rings. The fraction of sp³-hybridized carbons (Fsp3) is 0.882. The Morgan fingerprint density at radius 2 is 0.873 bits per heavy atom. The van der Waals surface area contributed by atoms with E-state index in [-0.39, 0.29) is 13.0 Å². The Bertz CT molecular complexity index is 1420. The van der Waals surface area contributed by atoms with E-state index in [9.17, 15) is 35.1 Å².